The third kappa shape index (κ3) is 3.32. The number of carboxylic acids is 1. The number of rotatable bonds is 6. The van der Waals surface area contributed by atoms with Crippen LogP contribution in [0.25, 0.3) is 10.9 Å². The smallest absolute Gasteiger partial charge is 0.317 e. The number of nitrogens with one attached hydrogen (secondary N) is 2. The van der Waals surface area contributed by atoms with Crippen LogP contribution in [-0.2, 0) is 4.79 Å². The van der Waals surface area contributed by atoms with Crippen molar-refractivity contribution in [3.8, 4) is 0 Å². The molecule has 0 spiro atoms. The molecule has 7 heteroatoms. The van der Waals surface area contributed by atoms with Gasteiger partial charge in [-0.1, -0.05) is 28.9 Å². The summed E-state index contributed by atoms with van der Waals surface area (Å²) >= 11 is 3.49. The lowest BCUT2D eigenvalue weighted by Crippen LogP contribution is -2.54. The molecule has 0 saturated heterocycles. The number of amides is 1. The van der Waals surface area contributed by atoms with Gasteiger partial charge in [-0.2, -0.15) is 0 Å². The minimum absolute atomic E-state index is 0.0528. The summed E-state index contributed by atoms with van der Waals surface area (Å²) in [6, 6.07) is 6.09. The molecule has 1 aromatic carbocycles. The van der Waals surface area contributed by atoms with Gasteiger partial charge in [-0.15, -0.1) is 0 Å². The van der Waals surface area contributed by atoms with Crippen molar-refractivity contribution in [3.63, 3.8) is 0 Å². The molecule has 0 atom stereocenters. The van der Waals surface area contributed by atoms with Crippen molar-refractivity contribution >= 4 is 38.7 Å². The van der Waals surface area contributed by atoms with Crippen LogP contribution < -0.4 is 5.32 Å². The Labute approximate surface area is 148 Å². The van der Waals surface area contributed by atoms with E-state index in [0.717, 1.165) is 28.2 Å². The molecular weight excluding hydrogens is 374 g/mol. The van der Waals surface area contributed by atoms with Crippen LogP contribution in [0.3, 0.4) is 0 Å². The largest absolute Gasteiger partial charge is 0.480 e. The number of carboxylic acid groups (broad SMARTS) is 1. The predicted octanol–water partition coefficient (Wildman–Crippen LogP) is 2.60. The molecule has 1 aliphatic rings. The average molecular weight is 394 g/mol. The van der Waals surface area contributed by atoms with Crippen LogP contribution in [0.15, 0.2) is 28.9 Å². The number of H-pyrrole nitrogens is 1. The van der Waals surface area contributed by atoms with Crippen molar-refractivity contribution in [1.29, 1.82) is 0 Å². The van der Waals surface area contributed by atoms with Crippen molar-refractivity contribution in [2.75, 3.05) is 13.1 Å². The first kappa shape index (κ1) is 17.0. The normalized spacial score (nSPS) is 20.1. The van der Waals surface area contributed by atoms with E-state index in [1.807, 2.05) is 30.0 Å². The van der Waals surface area contributed by atoms with Crippen LogP contribution >= 0.6 is 15.9 Å². The van der Waals surface area contributed by atoms with E-state index in [9.17, 15) is 9.59 Å². The van der Waals surface area contributed by atoms with E-state index in [1.54, 1.807) is 6.20 Å². The van der Waals surface area contributed by atoms with Crippen molar-refractivity contribution in [2.24, 2.45) is 0 Å². The van der Waals surface area contributed by atoms with Gasteiger partial charge in [0, 0.05) is 33.7 Å². The highest BCUT2D eigenvalue weighted by Crippen LogP contribution is 2.29. The maximum atomic E-state index is 12.5. The number of aliphatic carboxylic acids is 1. The Kier molecular flexibility index (Phi) is 4.91. The Morgan fingerprint density at radius 1 is 1.42 bits per heavy atom. The summed E-state index contributed by atoms with van der Waals surface area (Å²) in [5, 5.41) is 12.9. The first-order valence-corrected chi connectivity index (χ1v) is 8.81. The van der Waals surface area contributed by atoms with Crippen LogP contribution in [0.4, 0.5) is 0 Å². The van der Waals surface area contributed by atoms with Crippen LogP contribution in [0.5, 0.6) is 0 Å². The van der Waals surface area contributed by atoms with Crippen LogP contribution in [0, 0.1) is 0 Å². The summed E-state index contributed by atoms with van der Waals surface area (Å²) in [5.74, 6) is -0.911. The quantitative estimate of drug-likeness (QED) is 0.703. The van der Waals surface area contributed by atoms with Crippen LogP contribution in [-0.4, -0.2) is 52.0 Å². The van der Waals surface area contributed by atoms with Gasteiger partial charge in [-0.3, -0.25) is 14.5 Å². The first-order chi connectivity index (χ1) is 11.5. The lowest BCUT2D eigenvalue weighted by atomic mass is 9.85. The average Bonchev–Trinajstić information content (AvgIpc) is 2.93. The molecule has 24 heavy (non-hydrogen) atoms. The molecule has 0 aliphatic heterocycles. The predicted molar refractivity (Wildman–Crippen MR) is 95.2 cm³/mol. The van der Waals surface area contributed by atoms with Crippen LogP contribution in [0.2, 0.25) is 0 Å². The molecular formula is C17H20BrN3O3. The van der Waals surface area contributed by atoms with Gasteiger partial charge in [0.2, 0.25) is 0 Å². The number of hydrogen-bond donors (Lipinski definition) is 3. The third-order valence-electron chi connectivity index (χ3n) is 4.61. The summed E-state index contributed by atoms with van der Waals surface area (Å²) in [7, 11) is 0. The number of fused-ring (bicyclic) bond motifs is 1. The van der Waals surface area contributed by atoms with E-state index in [2.05, 4.69) is 26.2 Å². The maximum absolute atomic E-state index is 12.5. The molecule has 1 aliphatic carbocycles. The molecule has 3 N–H and O–H groups in total. The van der Waals surface area contributed by atoms with Crippen molar-refractivity contribution in [2.45, 2.75) is 31.8 Å². The van der Waals surface area contributed by atoms with Crippen molar-refractivity contribution in [3.05, 3.63) is 34.4 Å². The van der Waals surface area contributed by atoms with Gasteiger partial charge in [0.15, 0.2) is 0 Å². The summed E-state index contributed by atoms with van der Waals surface area (Å²) in [5.41, 5.74) is 1.54. The lowest BCUT2D eigenvalue weighted by Gasteiger charge is -2.42. The molecule has 0 radical (unpaired) electrons. The Bertz CT molecular complexity index is 768. The molecule has 1 amide bonds. The first-order valence-electron chi connectivity index (χ1n) is 8.02. The summed E-state index contributed by atoms with van der Waals surface area (Å²) in [4.78, 5) is 28.5. The number of aromatic nitrogens is 1. The van der Waals surface area contributed by atoms with Crippen molar-refractivity contribution in [1.82, 2.24) is 15.2 Å². The number of carbonyl (C=O) groups is 2. The second-order valence-corrected chi connectivity index (χ2v) is 6.97. The minimum Gasteiger partial charge on any atom is -0.480 e. The van der Waals surface area contributed by atoms with Gasteiger partial charge in [0.1, 0.15) is 0 Å². The molecule has 3 rings (SSSR count). The van der Waals surface area contributed by atoms with Gasteiger partial charge in [0.05, 0.1) is 12.1 Å². The number of halogens is 1. The highest BCUT2D eigenvalue weighted by molar-refractivity contribution is 9.10. The fourth-order valence-corrected chi connectivity index (χ4v) is 3.84. The molecule has 2 aromatic rings. The third-order valence-corrected chi connectivity index (χ3v) is 5.27. The number of carbonyl (C=O) groups excluding carboxylic acids is 1. The summed E-state index contributed by atoms with van der Waals surface area (Å²) in [6.07, 6.45) is 3.30. The number of nitrogens with zero attached hydrogens (tertiary/aromatic N) is 1. The van der Waals surface area contributed by atoms with Crippen LogP contribution in [0.1, 0.15) is 30.1 Å². The molecule has 0 bridgehead atoms. The van der Waals surface area contributed by atoms with E-state index in [-0.39, 0.29) is 24.5 Å². The summed E-state index contributed by atoms with van der Waals surface area (Å²) < 4.78 is 0.886. The molecule has 1 fully saturated rings. The number of hydrogen-bond acceptors (Lipinski definition) is 3. The van der Waals surface area contributed by atoms with Crippen molar-refractivity contribution < 1.29 is 14.7 Å². The van der Waals surface area contributed by atoms with Gasteiger partial charge >= 0.3 is 5.97 Å². The minimum atomic E-state index is -0.812. The number of likely N-dealkylation sites (N-methyl/N-ethyl adjacent to an activating group) is 1. The second kappa shape index (κ2) is 6.94. The zero-order valence-electron chi connectivity index (χ0n) is 13.4. The highest BCUT2D eigenvalue weighted by Gasteiger charge is 2.35. The standard InChI is InChI=1S/C17H20BrN3O3/c1-2-21(9-15(22)23)11-6-10(7-11)20-17(24)12-8-19-14-5-3-4-13(18)16(12)14/h3-5,8,10-11,19H,2,6-7,9H2,1H3,(H,20,24)(H,22,23). The zero-order valence-corrected chi connectivity index (χ0v) is 15.0. The molecule has 128 valence electrons. The molecule has 6 nitrogen and oxygen atoms in total. The Balaban J connectivity index is 1.62. The second-order valence-electron chi connectivity index (χ2n) is 6.12. The zero-order chi connectivity index (χ0) is 17.3. The SMILES string of the molecule is CCN(CC(=O)O)C1CC(NC(=O)c2c[nH]c3cccc(Br)c23)C1. The fourth-order valence-electron chi connectivity index (χ4n) is 3.26. The van der Waals surface area contributed by atoms with Gasteiger partial charge in [-0.05, 0) is 31.5 Å². The maximum Gasteiger partial charge on any atom is 0.317 e. The van der Waals surface area contributed by atoms with Gasteiger partial charge in [0.25, 0.3) is 5.91 Å². The monoisotopic (exact) mass is 393 g/mol. The highest BCUT2D eigenvalue weighted by atomic mass is 79.9. The van der Waals surface area contributed by atoms with E-state index in [4.69, 9.17) is 5.11 Å². The Morgan fingerprint density at radius 3 is 2.83 bits per heavy atom. The topological polar surface area (TPSA) is 85.4 Å². The Hall–Kier alpha value is -1.86. The number of aromatic amines is 1. The van der Waals surface area contributed by atoms with Gasteiger partial charge < -0.3 is 15.4 Å². The van der Waals surface area contributed by atoms with E-state index in [0.29, 0.717) is 12.1 Å². The van der Waals surface area contributed by atoms with Gasteiger partial charge in [-0.25, -0.2) is 0 Å². The fraction of sp³-hybridized carbons (Fsp3) is 0.412. The molecule has 1 heterocycles. The van der Waals surface area contributed by atoms with E-state index >= 15 is 0 Å². The molecule has 0 unspecified atom stereocenters. The lowest BCUT2D eigenvalue weighted by molar-refractivity contribution is -0.139. The molecule has 1 aromatic heterocycles. The Morgan fingerprint density at radius 2 is 2.17 bits per heavy atom. The molecule has 1 saturated carbocycles. The van der Waals surface area contributed by atoms with E-state index in [1.165, 1.54) is 0 Å². The number of benzene rings is 1. The van der Waals surface area contributed by atoms with E-state index < -0.39 is 5.97 Å². The summed E-state index contributed by atoms with van der Waals surface area (Å²) in [6.45, 7) is 2.71.